The van der Waals surface area contributed by atoms with Gasteiger partial charge in [-0.05, 0) is 19.1 Å². The maximum Gasteiger partial charge on any atom is 0.224 e. The van der Waals surface area contributed by atoms with Gasteiger partial charge >= 0.3 is 0 Å². The number of ether oxygens (including phenoxy) is 1. The van der Waals surface area contributed by atoms with Gasteiger partial charge in [0.05, 0.1) is 0 Å². The number of rotatable bonds is 5. The molecule has 0 bridgehead atoms. The Balaban J connectivity index is 2.56. The molecule has 0 aliphatic rings. The number of carbonyl (C=O) groups excluding carboxylic acids is 1. The highest BCUT2D eigenvalue weighted by molar-refractivity contribution is 5.75. The van der Waals surface area contributed by atoms with Crippen LogP contribution in [0.5, 0.6) is 11.5 Å². The summed E-state index contributed by atoms with van der Waals surface area (Å²) in [5.41, 5.74) is 0. The van der Waals surface area contributed by atoms with E-state index in [0.717, 1.165) is 0 Å². The predicted molar refractivity (Wildman–Crippen MR) is 59.7 cm³/mol. The zero-order valence-electron chi connectivity index (χ0n) is 9.60. The molecule has 1 aromatic rings. The normalized spacial score (nSPS) is 9.88. The molecule has 0 aromatic heterocycles. The van der Waals surface area contributed by atoms with Gasteiger partial charge in [0.2, 0.25) is 11.7 Å². The van der Waals surface area contributed by atoms with Crippen molar-refractivity contribution < 1.29 is 14.6 Å². The van der Waals surface area contributed by atoms with E-state index >= 15 is 0 Å². The van der Waals surface area contributed by atoms with E-state index in [2.05, 4.69) is 0 Å². The summed E-state index contributed by atoms with van der Waals surface area (Å²) < 4.78 is 5.31. The highest BCUT2D eigenvalue weighted by atomic mass is 16.5. The summed E-state index contributed by atoms with van der Waals surface area (Å²) >= 11 is 0. The lowest BCUT2D eigenvalue weighted by molar-refractivity contribution is -0.133. The average Bonchev–Trinajstić information content (AvgIpc) is 2.31. The van der Waals surface area contributed by atoms with Crippen LogP contribution in [0.15, 0.2) is 24.3 Å². The van der Waals surface area contributed by atoms with Gasteiger partial charge in [-0.15, -0.1) is 0 Å². The van der Waals surface area contributed by atoms with Gasteiger partial charge in [-0.2, -0.15) is 0 Å². The van der Waals surface area contributed by atoms with Crippen LogP contribution in [0, 0.1) is 0 Å². The van der Waals surface area contributed by atoms with E-state index in [1.807, 2.05) is 6.92 Å². The molecule has 0 N–H and O–H groups in total. The Kier molecular flexibility index (Phi) is 4.64. The fraction of sp³-hybridized carbons (Fsp3) is 0.417. The number of para-hydroxylation sites is 2. The third kappa shape index (κ3) is 3.15. The van der Waals surface area contributed by atoms with Crippen molar-refractivity contribution in [2.24, 2.45) is 0 Å². The van der Waals surface area contributed by atoms with Crippen molar-refractivity contribution in [3.05, 3.63) is 24.3 Å². The molecule has 0 saturated heterocycles. The van der Waals surface area contributed by atoms with Gasteiger partial charge in [0.15, 0.2) is 12.5 Å². The second-order valence-electron chi connectivity index (χ2n) is 3.32. The quantitative estimate of drug-likeness (QED) is 0.718. The molecule has 0 spiro atoms. The zero-order chi connectivity index (χ0) is 12.0. The van der Waals surface area contributed by atoms with Crippen molar-refractivity contribution in [2.75, 3.05) is 13.3 Å². The molecule has 4 nitrogen and oxygen atoms in total. The molecule has 0 atom stereocenters. The molecule has 87 valence electrons. The first-order valence-corrected chi connectivity index (χ1v) is 5.35. The number of nitrogens with zero attached hydrogens (tertiary/aromatic N) is 1. The fourth-order valence-electron chi connectivity index (χ4n) is 1.28. The first-order chi connectivity index (χ1) is 7.69. The number of hydrogen-bond acceptors (Lipinski definition) is 2. The summed E-state index contributed by atoms with van der Waals surface area (Å²) in [5, 5.41) is 11.3. The van der Waals surface area contributed by atoms with Crippen LogP contribution < -0.4 is 4.74 Å². The lowest BCUT2D eigenvalue weighted by Gasteiger charge is -2.20. The van der Waals surface area contributed by atoms with E-state index in [0.29, 0.717) is 13.0 Å². The van der Waals surface area contributed by atoms with Crippen molar-refractivity contribution in [3.63, 3.8) is 0 Å². The molecule has 0 heterocycles. The highest BCUT2D eigenvalue weighted by Crippen LogP contribution is 2.25. The summed E-state index contributed by atoms with van der Waals surface area (Å²) in [6.45, 7) is 4.38. The van der Waals surface area contributed by atoms with Gasteiger partial charge in [-0.3, -0.25) is 9.90 Å². The monoisotopic (exact) mass is 222 g/mol. The molecule has 1 radical (unpaired) electrons. The van der Waals surface area contributed by atoms with Crippen molar-refractivity contribution in [1.82, 2.24) is 4.90 Å². The minimum Gasteiger partial charge on any atom is -0.469 e. The molecule has 0 fully saturated rings. The third-order valence-electron chi connectivity index (χ3n) is 2.26. The number of amides is 1. The Morgan fingerprint density at radius 2 is 2.00 bits per heavy atom. The number of benzene rings is 1. The summed E-state index contributed by atoms with van der Waals surface area (Å²) in [7, 11) is 0. The topological polar surface area (TPSA) is 49.4 Å². The van der Waals surface area contributed by atoms with Crippen molar-refractivity contribution >= 4 is 5.91 Å². The van der Waals surface area contributed by atoms with E-state index in [-0.39, 0.29) is 24.1 Å². The molecule has 1 aromatic carbocycles. The summed E-state index contributed by atoms with van der Waals surface area (Å²) in [4.78, 5) is 13.0. The second kappa shape index (κ2) is 6.00. The van der Waals surface area contributed by atoms with Gasteiger partial charge in [-0.25, -0.2) is 0 Å². The largest absolute Gasteiger partial charge is 0.469 e. The standard InChI is InChI=1S/C12H16NO3/c1-3-12(15)13(4-2)9-16-11-8-6-5-7-10(11)14/h5-8H,3-4,9H2,1-2H3. The van der Waals surface area contributed by atoms with E-state index in [4.69, 9.17) is 4.74 Å². The van der Waals surface area contributed by atoms with Crippen LogP contribution in [0.1, 0.15) is 20.3 Å². The van der Waals surface area contributed by atoms with E-state index in [1.54, 1.807) is 30.0 Å². The minimum atomic E-state index is -0.164. The molecule has 0 unspecified atom stereocenters. The zero-order valence-corrected chi connectivity index (χ0v) is 9.60. The third-order valence-corrected chi connectivity index (χ3v) is 2.26. The fourth-order valence-corrected chi connectivity index (χ4v) is 1.28. The van der Waals surface area contributed by atoms with Gasteiger partial charge in [0, 0.05) is 13.0 Å². The lowest BCUT2D eigenvalue weighted by atomic mass is 10.3. The molecule has 4 heteroatoms. The van der Waals surface area contributed by atoms with E-state index in [9.17, 15) is 9.90 Å². The average molecular weight is 222 g/mol. The lowest BCUT2D eigenvalue weighted by Crippen LogP contribution is -2.33. The molecule has 0 aliphatic heterocycles. The Bertz CT molecular complexity index is 352. The first-order valence-electron chi connectivity index (χ1n) is 5.35. The first kappa shape index (κ1) is 12.4. The van der Waals surface area contributed by atoms with E-state index < -0.39 is 0 Å². The van der Waals surface area contributed by atoms with Crippen molar-refractivity contribution in [2.45, 2.75) is 20.3 Å². The number of hydrogen-bond donors (Lipinski definition) is 0. The van der Waals surface area contributed by atoms with Crippen molar-refractivity contribution in [1.29, 1.82) is 0 Å². The van der Waals surface area contributed by atoms with Crippen LogP contribution in [-0.4, -0.2) is 24.1 Å². The van der Waals surface area contributed by atoms with Crippen LogP contribution in [0.3, 0.4) is 0 Å². The van der Waals surface area contributed by atoms with Gasteiger partial charge in [0.25, 0.3) is 0 Å². The Morgan fingerprint density at radius 3 is 2.56 bits per heavy atom. The summed E-state index contributed by atoms with van der Waals surface area (Å²) in [5.74, 6) is 0.137. The molecule has 0 aliphatic carbocycles. The van der Waals surface area contributed by atoms with Crippen LogP contribution in [-0.2, 0) is 9.90 Å². The molecule has 0 saturated carbocycles. The summed E-state index contributed by atoms with van der Waals surface area (Å²) in [6, 6.07) is 6.43. The maximum atomic E-state index is 11.4. The van der Waals surface area contributed by atoms with Crippen LogP contribution in [0.2, 0.25) is 0 Å². The summed E-state index contributed by atoms with van der Waals surface area (Å²) in [6.07, 6.45) is 0.441. The van der Waals surface area contributed by atoms with Crippen LogP contribution in [0.25, 0.3) is 0 Å². The second-order valence-corrected chi connectivity index (χ2v) is 3.32. The Morgan fingerprint density at radius 1 is 1.31 bits per heavy atom. The number of carbonyl (C=O) groups is 1. The highest BCUT2D eigenvalue weighted by Gasteiger charge is 2.10. The SMILES string of the molecule is CCC(=O)N(CC)COc1ccccc1[O]. The molecular formula is C12H16NO3. The van der Waals surface area contributed by atoms with Gasteiger partial charge in [0.1, 0.15) is 0 Å². The van der Waals surface area contributed by atoms with E-state index in [1.165, 1.54) is 6.07 Å². The van der Waals surface area contributed by atoms with Crippen LogP contribution in [0.4, 0.5) is 0 Å². The smallest absolute Gasteiger partial charge is 0.224 e. The molecule has 1 rings (SSSR count). The molecule has 1 amide bonds. The maximum absolute atomic E-state index is 11.4. The Labute approximate surface area is 95.5 Å². The Hall–Kier alpha value is -1.71. The minimum absolute atomic E-state index is 0.0193. The van der Waals surface area contributed by atoms with Crippen LogP contribution >= 0.6 is 0 Å². The molecule has 16 heavy (non-hydrogen) atoms. The predicted octanol–water partition coefficient (Wildman–Crippen LogP) is 2.43. The van der Waals surface area contributed by atoms with Crippen molar-refractivity contribution in [3.8, 4) is 11.5 Å². The molecular weight excluding hydrogens is 206 g/mol. The van der Waals surface area contributed by atoms with Gasteiger partial charge in [-0.1, -0.05) is 19.1 Å². The van der Waals surface area contributed by atoms with Gasteiger partial charge < -0.3 is 9.64 Å².